The van der Waals surface area contributed by atoms with E-state index in [0.29, 0.717) is 31.8 Å². The Bertz CT molecular complexity index is 724. The van der Waals surface area contributed by atoms with Crippen molar-refractivity contribution < 1.29 is 17.9 Å². The summed E-state index contributed by atoms with van der Waals surface area (Å²) in [5, 5.41) is 4.26. The van der Waals surface area contributed by atoms with Crippen LogP contribution in [0.15, 0.2) is 6.07 Å². The number of nitrogens with one attached hydrogen (secondary N) is 1. The second-order valence-electron chi connectivity index (χ2n) is 6.81. The summed E-state index contributed by atoms with van der Waals surface area (Å²) in [5.74, 6) is 0.479. The maximum absolute atomic E-state index is 12.8. The third-order valence-electron chi connectivity index (χ3n) is 4.75. The Labute approximate surface area is 148 Å². The molecule has 0 unspecified atom stereocenters. The predicted octanol–water partition coefficient (Wildman–Crippen LogP) is 0.712. The topological polar surface area (TPSA) is 93.5 Å². The molecule has 0 bridgehead atoms. The molecule has 2 aliphatic heterocycles. The van der Waals surface area contributed by atoms with Crippen LogP contribution in [0.3, 0.4) is 0 Å². The minimum absolute atomic E-state index is 0.00767. The van der Waals surface area contributed by atoms with Gasteiger partial charge in [-0.15, -0.1) is 0 Å². The molecule has 0 aliphatic carbocycles. The second-order valence-corrected chi connectivity index (χ2v) is 8.69. The maximum Gasteiger partial charge on any atom is 0.246 e. The molecule has 0 spiro atoms. The van der Waals surface area contributed by atoms with E-state index in [-0.39, 0.29) is 17.8 Å². The first kappa shape index (κ1) is 18.3. The lowest BCUT2D eigenvalue weighted by Crippen LogP contribution is -2.53. The van der Waals surface area contributed by atoms with Crippen LogP contribution in [0, 0.1) is 6.92 Å². The van der Waals surface area contributed by atoms with Gasteiger partial charge < -0.3 is 4.74 Å². The fourth-order valence-electron chi connectivity index (χ4n) is 3.50. The normalized spacial score (nSPS) is 24.9. The zero-order valence-corrected chi connectivity index (χ0v) is 15.6. The SMILES string of the molecule is Cc1cc(N2CCC[C@@H](NS(=O)(=O)CC[C@H]3CCCO3)C2=O)n(C)n1. The van der Waals surface area contributed by atoms with Crippen molar-refractivity contribution in [3.8, 4) is 0 Å². The number of ether oxygens (including phenoxy) is 1. The summed E-state index contributed by atoms with van der Waals surface area (Å²) in [4.78, 5) is 14.4. The van der Waals surface area contributed by atoms with Gasteiger partial charge in [-0.05, 0) is 39.0 Å². The summed E-state index contributed by atoms with van der Waals surface area (Å²) in [6.07, 6.45) is 3.65. The maximum atomic E-state index is 12.8. The highest BCUT2D eigenvalue weighted by Crippen LogP contribution is 2.22. The number of carbonyl (C=O) groups is 1. The molecule has 2 aliphatic rings. The summed E-state index contributed by atoms with van der Waals surface area (Å²) >= 11 is 0. The van der Waals surface area contributed by atoms with Crippen molar-refractivity contribution in [1.29, 1.82) is 0 Å². The highest BCUT2D eigenvalue weighted by atomic mass is 32.2. The first-order chi connectivity index (χ1) is 11.9. The van der Waals surface area contributed by atoms with E-state index >= 15 is 0 Å². The van der Waals surface area contributed by atoms with Gasteiger partial charge in [0, 0.05) is 26.3 Å². The van der Waals surface area contributed by atoms with Crippen molar-refractivity contribution in [2.24, 2.45) is 7.05 Å². The average molecular weight is 370 g/mol. The molecule has 0 saturated carbocycles. The van der Waals surface area contributed by atoms with Crippen LogP contribution in [0.4, 0.5) is 5.82 Å². The molecular weight excluding hydrogens is 344 g/mol. The average Bonchev–Trinajstić information content (AvgIpc) is 3.17. The smallest absolute Gasteiger partial charge is 0.246 e. The number of sulfonamides is 1. The van der Waals surface area contributed by atoms with Crippen molar-refractivity contribution in [3.63, 3.8) is 0 Å². The van der Waals surface area contributed by atoms with Crippen LogP contribution < -0.4 is 9.62 Å². The molecule has 8 nitrogen and oxygen atoms in total. The minimum Gasteiger partial charge on any atom is -0.378 e. The lowest BCUT2D eigenvalue weighted by Gasteiger charge is -2.32. The van der Waals surface area contributed by atoms with Gasteiger partial charge in [-0.2, -0.15) is 5.10 Å². The van der Waals surface area contributed by atoms with Crippen LogP contribution in [0.25, 0.3) is 0 Å². The van der Waals surface area contributed by atoms with E-state index in [1.807, 2.05) is 13.0 Å². The van der Waals surface area contributed by atoms with Crippen molar-refractivity contribution >= 4 is 21.7 Å². The van der Waals surface area contributed by atoms with Gasteiger partial charge in [0.05, 0.1) is 17.6 Å². The zero-order valence-electron chi connectivity index (χ0n) is 14.8. The number of piperidine rings is 1. The van der Waals surface area contributed by atoms with Crippen molar-refractivity contribution in [1.82, 2.24) is 14.5 Å². The summed E-state index contributed by atoms with van der Waals surface area (Å²) in [6.45, 7) is 3.15. The summed E-state index contributed by atoms with van der Waals surface area (Å²) in [6, 6.07) is 1.13. The fraction of sp³-hybridized carbons (Fsp3) is 0.750. The van der Waals surface area contributed by atoms with Gasteiger partial charge in [0.25, 0.3) is 0 Å². The fourth-order valence-corrected chi connectivity index (χ4v) is 4.84. The molecule has 1 aromatic heterocycles. The van der Waals surface area contributed by atoms with E-state index in [4.69, 9.17) is 4.74 Å². The van der Waals surface area contributed by atoms with E-state index < -0.39 is 16.1 Å². The lowest BCUT2D eigenvalue weighted by molar-refractivity contribution is -0.121. The molecule has 140 valence electrons. The van der Waals surface area contributed by atoms with Crippen LogP contribution in [0.1, 0.15) is 37.8 Å². The number of carbonyl (C=O) groups excluding carboxylic acids is 1. The first-order valence-electron chi connectivity index (χ1n) is 8.79. The highest BCUT2D eigenvalue weighted by Gasteiger charge is 2.34. The van der Waals surface area contributed by atoms with Gasteiger partial charge in [0.15, 0.2) is 0 Å². The van der Waals surface area contributed by atoms with E-state index in [1.54, 1.807) is 16.6 Å². The zero-order chi connectivity index (χ0) is 18.0. The molecule has 1 aromatic rings. The lowest BCUT2D eigenvalue weighted by atomic mass is 10.1. The van der Waals surface area contributed by atoms with Crippen molar-refractivity contribution in [3.05, 3.63) is 11.8 Å². The molecular formula is C16H26N4O4S. The molecule has 2 fully saturated rings. The minimum atomic E-state index is -3.51. The molecule has 0 radical (unpaired) electrons. The third-order valence-corrected chi connectivity index (χ3v) is 6.16. The summed E-state index contributed by atoms with van der Waals surface area (Å²) in [7, 11) is -1.73. The van der Waals surface area contributed by atoms with Crippen LogP contribution in [-0.2, 0) is 26.6 Å². The van der Waals surface area contributed by atoms with Crippen molar-refractivity contribution in [2.45, 2.75) is 51.2 Å². The van der Waals surface area contributed by atoms with E-state index in [2.05, 4.69) is 9.82 Å². The van der Waals surface area contributed by atoms with Crippen molar-refractivity contribution in [2.75, 3.05) is 23.8 Å². The molecule has 1 N–H and O–H groups in total. The van der Waals surface area contributed by atoms with Gasteiger partial charge >= 0.3 is 0 Å². The molecule has 25 heavy (non-hydrogen) atoms. The molecule has 0 aromatic carbocycles. The number of amides is 1. The first-order valence-corrected chi connectivity index (χ1v) is 10.4. The van der Waals surface area contributed by atoms with Crippen LogP contribution in [0.2, 0.25) is 0 Å². The number of rotatable bonds is 6. The number of anilines is 1. The van der Waals surface area contributed by atoms with Gasteiger partial charge in [-0.1, -0.05) is 0 Å². The number of nitrogens with zero attached hydrogens (tertiary/aromatic N) is 3. The van der Waals surface area contributed by atoms with Crippen LogP contribution >= 0.6 is 0 Å². The van der Waals surface area contributed by atoms with Gasteiger partial charge in [-0.25, -0.2) is 13.1 Å². The standard InChI is InChI=1S/C16H26N4O4S/c1-12-11-15(19(2)17-12)20-8-3-6-14(16(20)21)18-25(22,23)10-7-13-5-4-9-24-13/h11,13-14,18H,3-10H2,1-2H3/t13-,14-/m1/s1. The molecule has 2 atom stereocenters. The van der Waals surface area contributed by atoms with Crippen LogP contribution in [-0.4, -0.2) is 55.2 Å². The van der Waals surface area contributed by atoms with E-state index in [0.717, 1.165) is 25.0 Å². The number of hydrogen-bond acceptors (Lipinski definition) is 5. The monoisotopic (exact) mass is 370 g/mol. The largest absolute Gasteiger partial charge is 0.378 e. The number of hydrogen-bond donors (Lipinski definition) is 1. The molecule has 9 heteroatoms. The van der Waals surface area contributed by atoms with E-state index in [9.17, 15) is 13.2 Å². The highest BCUT2D eigenvalue weighted by molar-refractivity contribution is 7.89. The van der Waals surface area contributed by atoms with Gasteiger partial charge in [0.2, 0.25) is 15.9 Å². The van der Waals surface area contributed by atoms with E-state index in [1.165, 1.54) is 0 Å². The third kappa shape index (κ3) is 4.39. The van der Waals surface area contributed by atoms with Crippen LogP contribution in [0.5, 0.6) is 0 Å². The Morgan fingerprint density at radius 3 is 2.80 bits per heavy atom. The van der Waals surface area contributed by atoms with Gasteiger partial charge in [0.1, 0.15) is 11.9 Å². The Hall–Kier alpha value is -1.45. The summed E-state index contributed by atoms with van der Waals surface area (Å²) < 4.78 is 34.4. The Morgan fingerprint density at radius 2 is 2.16 bits per heavy atom. The molecule has 2 saturated heterocycles. The number of aryl methyl sites for hydroxylation is 2. The molecule has 1 amide bonds. The number of aromatic nitrogens is 2. The Balaban J connectivity index is 1.63. The summed E-state index contributed by atoms with van der Waals surface area (Å²) in [5.41, 5.74) is 0.824. The Morgan fingerprint density at radius 1 is 1.36 bits per heavy atom. The molecule has 3 rings (SSSR count). The predicted molar refractivity (Wildman–Crippen MR) is 93.8 cm³/mol. The van der Waals surface area contributed by atoms with Gasteiger partial charge in [-0.3, -0.25) is 14.4 Å². The quantitative estimate of drug-likeness (QED) is 0.796. The second kappa shape index (κ2) is 7.43. The molecule has 3 heterocycles. The Kier molecular flexibility index (Phi) is 5.45.